The number of amides is 1. The third-order valence-corrected chi connectivity index (χ3v) is 4.27. The number of anilines is 2. The van der Waals surface area contributed by atoms with E-state index in [1.54, 1.807) is 53.6 Å². The van der Waals surface area contributed by atoms with Crippen molar-refractivity contribution in [3.05, 3.63) is 64.8 Å². The molecule has 1 aromatic carbocycles. The van der Waals surface area contributed by atoms with Crippen LogP contribution in [0.1, 0.15) is 10.5 Å². The zero-order valence-corrected chi connectivity index (χ0v) is 14.6. The van der Waals surface area contributed by atoms with Crippen LogP contribution in [-0.2, 0) is 0 Å². The third-order valence-electron chi connectivity index (χ3n) is 3.66. The van der Waals surface area contributed by atoms with Gasteiger partial charge in [-0.1, -0.05) is 29.3 Å². The molecule has 0 aliphatic heterocycles. The van der Waals surface area contributed by atoms with Crippen LogP contribution in [0.3, 0.4) is 0 Å². The van der Waals surface area contributed by atoms with E-state index in [4.69, 9.17) is 28.9 Å². The minimum Gasteiger partial charge on any atom is -0.364 e. The number of benzene rings is 1. The molecule has 0 bridgehead atoms. The minimum atomic E-state index is -0.696. The molecule has 130 valence electrons. The summed E-state index contributed by atoms with van der Waals surface area (Å²) in [4.78, 5) is 16.1. The van der Waals surface area contributed by atoms with Crippen LogP contribution in [0.15, 0.2) is 49.1 Å². The van der Waals surface area contributed by atoms with Crippen LogP contribution in [0.5, 0.6) is 0 Å². The molecule has 0 saturated carbocycles. The van der Waals surface area contributed by atoms with Gasteiger partial charge >= 0.3 is 0 Å². The number of para-hydroxylation sites is 1. The van der Waals surface area contributed by atoms with Crippen molar-refractivity contribution >= 4 is 46.1 Å². The van der Waals surface area contributed by atoms with Crippen molar-refractivity contribution < 1.29 is 4.79 Å². The third kappa shape index (κ3) is 2.75. The van der Waals surface area contributed by atoms with E-state index in [9.17, 15) is 4.79 Å². The van der Waals surface area contributed by atoms with Crippen molar-refractivity contribution in [1.82, 2.24) is 24.4 Å². The Morgan fingerprint density at radius 1 is 1.15 bits per heavy atom. The molecule has 10 heteroatoms. The zero-order chi connectivity index (χ0) is 18.3. The molecule has 1 amide bonds. The highest BCUT2D eigenvalue weighted by molar-refractivity contribution is 6.37. The molecule has 4 aromatic rings. The lowest BCUT2D eigenvalue weighted by Crippen LogP contribution is -2.14. The first-order chi connectivity index (χ1) is 12.5. The molecule has 4 rings (SSSR count). The number of nitrogens with zero attached hydrogens (tertiary/aromatic N) is 5. The molecule has 0 aliphatic carbocycles. The van der Waals surface area contributed by atoms with Gasteiger partial charge < -0.3 is 11.1 Å². The van der Waals surface area contributed by atoms with E-state index in [0.717, 1.165) is 0 Å². The fourth-order valence-corrected chi connectivity index (χ4v) is 3.10. The number of aromatic nitrogens is 5. The molecule has 0 spiro atoms. The van der Waals surface area contributed by atoms with Gasteiger partial charge in [0.15, 0.2) is 11.3 Å². The molecule has 0 aliphatic rings. The van der Waals surface area contributed by atoms with Gasteiger partial charge in [0.05, 0.1) is 28.1 Å². The first-order valence-corrected chi connectivity index (χ1v) is 8.19. The first kappa shape index (κ1) is 16.4. The second-order valence-electron chi connectivity index (χ2n) is 5.34. The second-order valence-corrected chi connectivity index (χ2v) is 6.16. The summed E-state index contributed by atoms with van der Waals surface area (Å²) in [7, 11) is 0. The molecule has 0 fully saturated rings. The number of carbonyl (C=O) groups is 1. The molecule has 3 aromatic heterocycles. The summed E-state index contributed by atoms with van der Waals surface area (Å²) in [6.45, 7) is 0. The van der Waals surface area contributed by atoms with Crippen LogP contribution >= 0.6 is 23.2 Å². The predicted octanol–water partition coefficient (Wildman–Crippen LogP) is 3.06. The maximum Gasteiger partial charge on any atom is 0.271 e. The predicted molar refractivity (Wildman–Crippen MR) is 98.4 cm³/mol. The highest BCUT2D eigenvalue weighted by Crippen LogP contribution is 2.30. The van der Waals surface area contributed by atoms with Crippen LogP contribution < -0.4 is 11.1 Å². The van der Waals surface area contributed by atoms with Crippen LogP contribution in [0.2, 0.25) is 10.0 Å². The number of nitrogens with two attached hydrogens (primary N) is 1. The van der Waals surface area contributed by atoms with Gasteiger partial charge in [0, 0.05) is 12.4 Å². The molecular weight excluding hydrogens is 377 g/mol. The maximum absolute atomic E-state index is 11.8. The SMILES string of the molecule is NC(=O)c1nn(-c2c(Cl)cccc2Cl)cc1Nc1cnn2cccnc12. The monoisotopic (exact) mass is 387 g/mol. The molecule has 26 heavy (non-hydrogen) atoms. The number of fused-ring (bicyclic) bond motifs is 1. The van der Waals surface area contributed by atoms with Crippen LogP contribution in [0.4, 0.5) is 11.4 Å². The Bertz CT molecular complexity index is 1110. The number of rotatable bonds is 4. The van der Waals surface area contributed by atoms with Gasteiger partial charge in [0.2, 0.25) is 0 Å². The lowest BCUT2D eigenvalue weighted by Gasteiger charge is -2.06. The van der Waals surface area contributed by atoms with Crippen molar-refractivity contribution in [3.63, 3.8) is 0 Å². The van der Waals surface area contributed by atoms with Gasteiger partial charge in [-0.25, -0.2) is 14.2 Å². The molecule has 0 unspecified atom stereocenters. The second kappa shape index (κ2) is 6.32. The average Bonchev–Trinajstić information content (AvgIpc) is 3.20. The van der Waals surface area contributed by atoms with Crippen LogP contribution in [0.25, 0.3) is 11.3 Å². The Labute approximate surface area is 157 Å². The Hall–Kier alpha value is -3.10. The number of nitrogens with one attached hydrogen (secondary N) is 1. The Balaban J connectivity index is 1.81. The molecule has 0 radical (unpaired) electrons. The van der Waals surface area contributed by atoms with Crippen molar-refractivity contribution in [2.45, 2.75) is 0 Å². The highest BCUT2D eigenvalue weighted by Gasteiger charge is 2.19. The van der Waals surface area contributed by atoms with Gasteiger partial charge in [-0.3, -0.25) is 4.79 Å². The van der Waals surface area contributed by atoms with E-state index < -0.39 is 5.91 Å². The van der Waals surface area contributed by atoms with Crippen LogP contribution in [-0.4, -0.2) is 30.3 Å². The number of halogens is 2. The Morgan fingerprint density at radius 3 is 2.65 bits per heavy atom. The first-order valence-electron chi connectivity index (χ1n) is 7.44. The smallest absolute Gasteiger partial charge is 0.271 e. The molecule has 3 heterocycles. The van der Waals surface area contributed by atoms with Crippen molar-refractivity contribution in [3.8, 4) is 5.69 Å². The van der Waals surface area contributed by atoms with Crippen molar-refractivity contribution in [2.75, 3.05) is 5.32 Å². The summed E-state index contributed by atoms with van der Waals surface area (Å²) in [5, 5.41) is 12.3. The number of carbonyl (C=O) groups excluding carboxylic acids is 1. The average molecular weight is 388 g/mol. The fourth-order valence-electron chi connectivity index (χ4n) is 2.53. The summed E-state index contributed by atoms with van der Waals surface area (Å²) in [5.74, 6) is -0.696. The molecule has 0 saturated heterocycles. The van der Waals surface area contributed by atoms with E-state index in [-0.39, 0.29) is 5.69 Å². The highest BCUT2D eigenvalue weighted by atomic mass is 35.5. The summed E-state index contributed by atoms with van der Waals surface area (Å²) < 4.78 is 3.01. The fraction of sp³-hybridized carbons (Fsp3) is 0. The van der Waals surface area contributed by atoms with E-state index >= 15 is 0 Å². The summed E-state index contributed by atoms with van der Waals surface area (Å²) in [6, 6.07) is 6.83. The maximum atomic E-state index is 11.8. The van der Waals surface area contributed by atoms with Gasteiger partial charge in [-0.05, 0) is 18.2 Å². The van der Waals surface area contributed by atoms with Gasteiger partial charge in [0.25, 0.3) is 5.91 Å². The van der Waals surface area contributed by atoms with E-state index in [2.05, 4.69) is 20.5 Å². The molecular formula is C16H11Cl2N7O. The van der Waals surface area contributed by atoms with Crippen molar-refractivity contribution in [2.24, 2.45) is 5.73 Å². The Morgan fingerprint density at radius 2 is 1.92 bits per heavy atom. The number of hydrogen-bond acceptors (Lipinski definition) is 5. The van der Waals surface area contributed by atoms with Crippen LogP contribution in [0, 0.1) is 0 Å². The molecule has 0 atom stereocenters. The topological polar surface area (TPSA) is 103 Å². The largest absolute Gasteiger partial charge is 0.364 e. The minimum absolute atomic E-state index is 0.0382. The van der Waals surface area contributed by atoms with Crippen molar-refractivity contribution in [1.29, 1.82) is 0 Å². The Kier molecular flexibility index (Phi) is 3.98. The summed E-state index contributed by atoms with van der Waals surface area (Å²) in [5.41, 5.74) is 7.52. The lowest BCUT2D eigenvalue weighted by molar-refractivity contribution is 0.0996. The standard InChI is InChI=1S/C16H11Cl2N7O/c17-9-3-1-4-10(18)14(9)25-8-12(13(23-25)15(19)26)22-11-7-21-24-6-2-5-20-16(11)24/h1-8,22H,(H2,19,26). The van der Waals surface area contributed by atoms with E-state index in [0.29, 0.717) is 32.8 Å². The molecule has 8 nitrogen and oxygen atoms in total. The number of primary amides is 1. The van der Waals surface area contributed by atoms with Gasteiger partial charge in [-0.15, -0.1) is 0 Å². The molecule has 3 N–H and O–H groups in total. The zero-order valence-electron chi connectivity index (χ0n) is 13.1. The van der Waals surface area contributed by atoms with Gasteiger partial charge in [-0.2, -0.15) is 10.2 Å². The van der Waals surface area contributed by atoms with Gasteiger partial charge in [0.1, 0.15) is 11.4 Å². The summed E-state index contributed by atoms with van der Waals surface area (Å²) >= 11 is 12.4. The van der Waals surface area contributed by atoms with E-state index in [1.807, 2.05) is 0 Å². The normalized spacial score (nSPS) is 11.0. The summed E-state index contributed by atoms with van der Waals surface area (Å²) in [6.07, 6.45) is 6.58. The van der Waals surface area contributed by atoms with E-state index in [1.165, 1.54) is 4.68 Å². The lowest BCUT2D eigenvalue weighted by atomic mass is 10.3. The quantitative estimate of drug-likeness (QED) is 0.559. The number of hydrogen-bond donors (Lipinski definition) is 2.